The van der Waals surface area contributed by atoms with Crippen molar-refractivity contribution >= 4 is 0 Å². The number of nitrogens with two attached hydrogens (primary N) is 1. The molecule has 0 bridgehead atoms. The van der Waals surface area contributed by atoms with E-state index in [0.29, 0.717) is 6.54 Å². The van der Waals surface area contributed by atoms with Crippen LogP contribution in [0.5, 0.6) is 0 Å². The van der Waals surface area contributed by atoms with Crippen LogP contribution in [-0.4, -0.2) is 42.8 Å². The van der Waals surface area contributed by atoms with Crippen molar-refractivity contribution in [1.82, 2.24) is 4.90 Å². The van der Waals surface area contributed by atoms with Crippen molar-refractivity contribution in [3.05, 3.63) is 0 Å². The second-order valence-electron chi connectivity index (χ2n) is 2.15. The molecule has 0 spiro atoms. The molecule has 0 amide bonds. The van der Waals surface area contributed by atoms with Crippen molar-refractivity contribution in [3.8, 4) is 0 Å². The lowest BCUT2D eigenvalue weighted by Gasteiger charge is -2.22. The number of hydrogen-bond acceptors (Lipinski definition) is 3. The van der Waals surface area contributed by atoms with E-state index in [9.17, 15) is 0 Å². The third kappa shape index (κ3) is 2.79. The highest BCUT2D eigenvalue weighted by Crippen LogP contribution is 1.90. The molecule has 0 saturated heterocycles. The van der Waals surface area contributed by atoms with Gasteiger partial charge in [0, 0.05) is 12.6 Å². The molecular formula is C6H16N2O. The maximum absolute atomic E-state index is 8.71. The summed E-state index contributed by atoms with van der Waals surface area (Å²) in [5.41, 5.74) is 5.36. The molecule has 9 heavy (non-hydrogen) atoms. The van der Waals surface area contributed by atoms with Crippen molar-refractivity contribution in [3.63, 3.8) is 0 Å². The second-order valence-corrected chi connectivity index (χ2v) is 2.15. The minimum atomic E-state index is 0.134. The highest BCUT2D eigenvalue weighted by atomic mass is 16.3. The molecule has 0 heterocycles. The highest BCUT2D eigenvalue weighted by molar-refractivity contribution is 4.65. The minimum Gasteiger partial charge on any atom is -0.395 e. The van der Waals surface area contributed by atoms with Crippen LogP contribution in [-0.2, 0) is 0 Å². The Labute approximate surface area is 56.5 Å². The fraction of sp³-hybridized carbons (Fsp3) is 1.00. The van der Waals surface area contributed by atoms with Gasteiger partial charge in [-0.15, -0.1) is 0 Å². The van der Waals surface area contributed by atoms with Gasteiger partial charge in [0.2, 0.25) is 0 Å². The first-order valence-corrected chi connectivity index (χ1v) is 3.27. The molecule has 3 N–H and O–H groups in total. The van der Waals surface area contributed by atoms with E-state index in [4.69, 9.17) is 10.8 Å². The van der Waals surface area contributed by atoms with E-state index >= 15 is 0 Å². The van der Waals surface area contributed by atoms with Crippen LogP contribution in [0.4, 0.5) is 0 Å². The van der Waals surface area contributed by atoms with Crippen LogP contribution in [0, 0.1) is 0 Å². The normalized spacial score (nSPS) is 14.3. The van der Waals surface area contributed by atoms with Gasteiger partial charge < -0.3 is 15.7 Å². The van der Waals surface area contributed by atoms with Crippen LogP contribution >= 0.6 is 0 Å². The predicted octanol–water partition coefficient (Wildman–Crippen LogP) is -0.742. The summed E-state index contributed by atoms with van der Waals surface area (Å²) in [5, 5.41) is 8.71. The Balaban J connectivity index is 3.50. The fourth-order valence-corrected chi connectivity index (χ4v) is 0.652. The van der Waals surface area contributed by atoms with Crippen LogP contribution in [0.15, 0.2) is 0 Å². The number of hydrogen-bond donors (Lipinski definition) is 2. The van der Waals surface area contributed by atoms with Gasteiger partial charge in [-0.3, -0.25) is 0 Å². The molecule has 3 heteroatoms. The van der Waals surface area contributed by atoms with Crippen molar-refractivity contribution in [2.75, 3.05) is 26.7 Å². The maximum Gasteiger partial charge on any atom is 0.0599 e. The average Bonchev–Trinajstić information content (AvgIpc) is 1.90. The first-order valence-electron chi connectivity index (χ1n) is 3.27. The minimum absolute atomic E-state index is 0.134. The maximum atomic E-state index is 8.71. The Hall–Kier alpha value is -0.120. The molecule has 0 aliphatic carbocycles. The first kappa shape index (κ1) is 8.88. The third-order valence-electron chi connectivity index (χ3n) is 1.60. The second kappa shape index (κ2) is 4.73. The van der Waals surface area contributed by atoms with E-state index < -0.39 is 0 Å². The summed E-state index contributed by atoms with van der Waals surface area (Å²) in [6.45, 7) is 3.66. The summed E-state index contributed by atoms with van der Waals surface area (Å²) in [5.74, 6) is 0. The Morgan fingerprint density at radius 1 is 1.67 bits per heavy atom. The van der Waals surface area contributed by atoms with E-state index in [1.54, 1.807) is 0 Å². The van der Waals surface area contributed by atoms with Gasteiger partial charge in [-0.05, 0) is 13.6 Å². The van der Waals surface area contributed by atoms with Crippen LogP contribution < -0.4 is 5.73 Å². The van der Waals surface area contributed by atoms with Gasteiger partial charge in [-0.25, -0.2) is 0 Å². The molecule has 0 rings (SSSR count). The van der Waals surface area contributed by atoms with Gasteiger partial charge in [0.05, 0.1) is 6.61 Å². The molecule has 0 aromatic carbocycles. The standard InChI is InChI=1S/C6H16N2O/c1-3-8(2)6(4-7)5-9/h6,9H,3-5,7H2,1-2H3. The zero-order valence-electron chi connectivity index (χ0n) is 6.17. The molecule has 0 aromatic heterocycles. The number of nitrogens with zero attached hydrogens (tertiary/aromatic N) is 1. The van der Waals surface area contributed by atoms with Gasteiger partial charge in [0.15, 0.2) is 0 Å². The van der Waals surface area contributed by atoms with Crippen molar-refractivity contribution in [2.24, 2.45) is 5.73 Å². The van der Waals surface area contributed by atoms with Crippen molar-refractivity contribution < 1.29 is 5.11 Å². The molecule has 0 aliphatic rings. The van der Waals surface area contributed by atoms with Crippen LogP contribution in [0.25, 0.3) is 0 Å². The van der Waals surface area contributed by atoms with E-state index in [1.807, 2.05) is 18.9 Å². The topological polar surface area (TPSA) is 49.5 Å². The summed E-state index contributed by atoms with van der Waals surface area (Å²) >= 11 is 0. The zero-order chi connectivity index (χ0) is 7.28. The van der Waals surface area contributed by atoms with Crippen LogP contribution in [0.1, 0.15) is 6.92 Å². The molecular weight excluding hydrogens is 116 g/mol. The van der Waals surface area contributed by atoms with Gasteiger partial charge in [-0.2, -0.15) is 0 Å². The van der Waals surface area contributed by atoms with Gasteiger partial charge in [0.25, 0.3) is 0 Å². The van der Waals surface area contributed by atoms with Gasteiger partial charge in [-0.1, -0.05) is 6.92 Å². The Bertz CT molecular complexity index is 64.1. The zero-order valence-corrected chi connectivity index (χ0v) is 6.17. The summed E-state index contributed by atoms with van der Waals surface area (Å²) < 4.78 is 0. The van der Waals surface area contributed by atoms with Crippen LogP contribution in [0.3, 0.4) is 0 Å². The van der Waals surface area contributed by atoms with Crippen molar-refractivity contribution in [1.29, 1.82) is 0 Å². The monoisotopic (exact) mass is 132 g/mol. The molecule has 3 nitrogen and oxygen atoms in total. The molecule has 0 aliphatic heterocycles. The molecule has 56 valence electrons. The van der Waals surface area contributed by atoms with E-state index in [-0.39, 0.29) is 12.6 Å². The molecule has 0 fully saturated rings. The number of aliphatic hydroxyl groups is 1. The Morgan fingerprint density at radius 2 is 2.22 bits per heavy atom. The lowest BCUT2D eigenvalue weighted by atomic mass is 10.3. The van der Waals surface area contributed by atoms with Gasteiger partial charge in [0.1, 0.15) is 0 Å². The quantitative estimate of drug-likeness (QED) is 0.529. The summed E-state index contributed by atoms with van der Waals surface area (Å²) in [4.78, 5) is 2.03. The SMILES string of the molecule is CCN(C)C(CN)CO. The number of rotatable bonds is 4. The Kier molecular flexibility index (Phi) is 4.67. The van der Waals surface area contributed by atoms with E-state index in [2.05, 4.69) is 0 Å². The lowest BCUT2D eigenvalue weighted by Crippen LogP contribution is -2.40. The largest absolute Gasteiger partial charge is 0.395 e. The van der Waals surface area contributed by atoms with Crippen LogP contribution in [0.2, 0.25) is 0 Å². The van der Waals surface area contributed by atoms with E-state index in [1.165, 1.54) is 0 Å². The average molecular weight is 132 g/mol. The third-order valence-corrected chi connectivity index (χ3v) is 1.60. The predicted molar refractivity (Wildman–Crippen MR) is 38.2 cm³/mol. The molecule has 0 radical (unpaired) electrons. The first-order chi connectivity index (χ1) is 4.26. The smallest absolute Gasteiger partial charge is 0.0599 e. The molecule has 0 aromatic rings. The van der Waals surface area contributed by atoms with Gasteiger partial charge >= 0.3 is 0 Å². The molecule has 1 atom stereocenters. The Morgan fingerprint density at radius 3 is 2.33 bits per heavy atom. The fourth-order valence-electron chi connectivity index (χ4n) is 0.652. The number of likely N-dealkylation sites (N-methyl/N-ethyl adjacent to an activating group) is 1. The highest BCUT2D eigenvalue weighted by Gasteiger charge is 2.07. The summed E-state index contributed by atoms with van der Waals surface area (Å²) in [7, 11) is 1.95. The number of aliphatic hydroxyl groups excluding tert-OH is 1. The summed E-state index contributed by atoms with van der Waals surface area (Å²) in [6.07, 6.45) is 0. The summed E-state index contributed by atoms with van der Waals surface area (Å²) in [6, 6.07) is 0.134. The molecule has 1 unspecified atom stereocenters. The molecule has 0 saturated carbocycles. The lowest BCUT2D eigenvalue weighted by molar-refractivity contribution is 0.157. The van der Waals surface area contributed by atoms with E-state index in [0.717, 1.165) is 6.54 Å². The van der Waals surface area contributed by atoms with Crippen molar-refractivity contribution in [2.45, 2.75) is 13.0 Å².